The molecule has 0 amide bonds. The van der Waals surface area contributed by atoms with Crippen LogP contribution in [-0.2, 0) is 0 Å². The number of halogens is 2. The van der Waals surface area contributed by atoms with Gasteiger partial charge in [-0.25, -0.2) is 18.7 Å². The Balaban J connectivity index is 2.57. The highest BCUT2D eigenvalue weighted by Crippen LogP contribution is 2.23. The molecule has 0 saturated heterocycles. The Kier molecular flexibility index (Phi) is 2.99. The third-order valence-corrected chi connectivity index (χ3v) is 2.50. The van der Waals surface area contributed by atoms with Gasteiger partial charge in [0.15, 0.2) is 11.6 Å². The fourth-order valence-corrected chi connectivity index (χ4v) is 1.57. The molecule has 0 bridgehead atoms. The second-order valence-corrected chi connectivity index (χ2v) is 3.76. The van der Waals surface area contributed by atoms with Gasteiger partial charge in [-0.2, -0.15) is 0 Å². The van der Waals surface area contributed by atoms with Crippen LogP contribution in [0.1, 0.15) is 11.1 Å². The molecule has 0 saturated carbocycles. The maximum Gasteiger partial charge on any atom is 0.181 e. The number of aromatic nitrogens is 2. The number of nitrogens with one attached hydrogen (secondary N) is 1. The van der Waals surface area contributed by atoms with Crippen LogP contribution in [0.25, 0.3) is 0 Å². The van der Waals surface area contributed by atoms with Gasteiger partial charge in [-0.1, -0.05) is 0 Å². The molecular weight excluding hydrogens is 254 g/mol. The minimum atomic E-state index is -1.16. The van der Waals surface area contributed by atoms with E-state index in [0.717, 1.165) is 18.5 Å². The molecule has 7 N–H and O–H groups in total. The molecule has 0 atom stereocenters. The molecule has 1 heterocycles. The highest BCUT2D eigenvalue weighted by Gasteiger charge is 2.17. The Morgan fingerprint density at radius 2 is 1.63 bits per heavy atom. The molecule has 1 aromatic carbocycles. The Morgan fingerprint density at radius 3 is 2.16 bits per heavy atom. The summed E-state index contributed by atoms with van der Waals surface area (Å²) in [5.74, 6) is -2.38. The lowest BCUT2D eigenvalue weighted by Gasteiger charge is -2.10. The van der Waals surface area contributed by atoms with E-state index in [4.69, 9.17) is 22.6 Å². The summed E-state index contributed by atoms with van der Waals surface area (Å²) >= 11 is 0. The zero-order chi connectivity index (χ0) is 14.2. The van der Waals surface area contributed by atoms with E-state index in [1.807, 2.05) is 0 Å². The average molecular weight is 264 g/mol. The molecule has 1 aromatic heterocycles. The molecule has 0 fully saturated rings. The van der Waals surface area contributed by atoms with Crippen LogP contribution in [-0.4, -0.2) is 15.7 Å². The number of rotatable bonds is 2. The SMILES string of the molecule is N=C(c1cc(N)c(F)c(F)c1)c1c(N)ncnc1N. The van der Waals surface area contributed by atoms with Crippen molar-refractivity contribution < 1.29 is 8.78 Å². The van der Waals surface area contributed by atoms with Crippen LogP contribution in [0.2, 0.25) is 0 Å². The average Bonchev–Trinajstić information content (AvgIpc) is 2.35. The molecule has 6 nitrogen and oxygen atoms in total. The summed E-state index contributed by atoms with van der Waals surface area (Å²) in [6.07, 6.45) is 1.14. The smallest absolute Gasteiger partial charge is 0.181 e. The molecule has 2 rings (SSSR count). The van der Waals surface area contributed by atoms with E-state index in [9.17, 15) is 8.78 Å². The van der Waals surface area contributed by atoms with E-state index >= 15 is 0 Å². The molecule has 8 heteroatoms. The first-order valence-corrected chi connectivity index (χ1v) is 5.11. The lowest BCUT2D eigenvalue weighted by molar-refractivity contribution is 0.512. The van der Waals surface area contributed by atoms with Crippen molar-refractivity contribution in [1.82, 2.24) is 9.97 Å². The topological polar surface area (TPSA) is 128 Å². The van der Waals surface area contributed by atoms with Crippen molar-refractivity contribution in [2.45, 2.75) is 0 Å². The van der Waals surface area contributed by atoms with Crippen LogP contribution in [0.4, 0.5) is 26.1 Å². The van der Waals surface area contributed by atoms with Gasteiger partial charge in [0, 0.05) is 5.56 Å². The fraction of sp³-hybridized carbons (Fsp3) is 0. The summed E-state index contributed by atoms with van der Waals surface area (Å²) in [7, 11) is 0. The molecule has 0 unspecified atom stereocenters. The van der Waals surface area contributed by atoms with Crippen molar-refractivity contribution in [1.29, 1.82) is 5.41 Å². The highest BCUT2D eigenvalue weighted by atomic mass is 19.2. The number of nitrogens with two attached hydrogens (primary N) is 3. The second-order valence-electron chi connectivity index (χ2n) is 3.76. The van der Waals surface area contributed by atoms with Gasteiger partial charge in [-0.15, -0.1) is 0 Å². The summed E-state index contributed by atoms with van der Waals surface area (Å²) in [6, 6.07) is 1.95. The van der Waals surface area contributed by atoms with Crippen molar-refractivity contribution >= 4 is 23.0 Å². The largest absolute Gasteiger partial charge is 0.396 e. The second kappa shape index (κ2) is 4.48. The molecule has 98 valence electrons. The first-order valence-electron chi connectivity index (χ1n) is 5.11. The molecule has 0 spiro atoms. The van der Waals surface area contributed by atoms with Crippen LogP contribution >= 0.6 is 0 Å². The number of nitrogens with zero attached hydrogens (tertiary/aromatic N) is 2. The number of nitrogen functional groups attached to an aromatic ring is 3. The molecule has 19 heavy (non-hydrogen) atoms. The molecule has 0 aliphatic rings. The minimum absolute atomic E-state index is 0.0270. The van der Waals surface area contributed by atoms with Gasteiger partial charge < -0.3 is 17.2 Å². The summed E-state index contributed by atoms with van der Waals surface area (Å²) in [6.45, 7) is 0. The molecule has 2 aromatic rings. The Morgan fingerprint density at radius 1 is 1.05 bits per heavy atom. The van der Waals surface area contributed by atoms with Gasteiger partial charge in [0.05, 0.1) is 17.0 Å². The highest BCUT2D eigenvalue weighted by molar-refractivity contribution is 6.16. The Bertz CT molecular complexity index is 627. The predicted octanol–water partition coefficient (Wildman–Crippen LogP) is 0.918. The van der Waals surface area contributed by atoms with Crippen molar-refractivity contribution in [3.05, 3.63) is 41.2 Å². The monoisotopic (exact) mass is 264 g/mol. The van der Waals surface area contributed by atoms with Crippen molar-refractivity contribution in [3.63, 3.8) is 0 Å². The Hall–Kier alpha value is -2.77. The number of benzene rings is 1. The summed E-state index contributed by atoms with van der Waals surface area (Å²) in [5.41, 5.74) is 15.9. The van der Waals surface area contributed by atoms with E-state index < -0.39 is 17.3 Å². The first kappa shape index (κ1) is 12.7. The summed E-state index contributed by atoms with van der Waals surface area (Å²) in [4.78, 5) is 7.39. The summed E-state index contributed by atoms with van der Waals surface area (Å²) < 4.78 is 26.4. The van der Waals surface area contributed by atoms with Gasteiger partial charge in [0.25, 0.3) is 0 Å². The van der Waals surface area contributed by atoms with Crippen molar-refractivity contribution in [2.24, 2.45) is 0 Å². The molecule has 0 aliphatic heterocycles. The minimum Gasteiger partial charge on any atom is -0.396 e. The van der Waals surface area contributed by atoms with E-state index in [-0.39, 0.29) is 28.5 Å². The van der Waals surface area contributed by atoms with Crippen LogP contribution in [0.5, 0.6) is 0 Å². The van der Waals surface area contributed by atoms with Crippen molar-refractivity contribution in [2.75, 3.05) is 17.2 Å². The fourth-order valence-electron chi connectivity index (χ4n) is 1.57. The molecular formula is C11H10F2N6. The van der Waals surface area contributed by atoms with Gasteiger partial charge in [0.2, 0.25) is 0 Å². The van der Waals surface area contributed by atoms with E-state index in [0.29, 0.717) is 0 Å². The quantitative estimate of drug-likeness (QED) is 0.473. The van der Waals surface area contributed by atoms with Crippen LogP contribution in [0.15, 0.2) is 18.5 Å². The number of hydrogen-bond donors (Lipinski definition) is 4. The zero-order valence-corrected chi connectivity index (χ0v) is 9.61. The van der Waals surface area contributed by atoms with Crippen molar-refractivity contribution in [3.8, 4) is 0 Å². The lowest BCUT2D eigenvalue weighted by atomic mass is 10.0. The third-order valence-electron chi connectivity index (χ3n) is 2.50. The van der Waals surface area contributed by atoms with Gasteiger partial charge >= 0.3 is 0 Å². The maximum absolute atomic E-state index is 13.3. The van der Waals surface area contributed by atoms with Gasteiger partial charge in [-0.05, 0) is 12.1 Å². The van der Waals surface area contributed by atoms with Crippen LogP contribution < -0.4 is 17.2 Å². The maximum atomic E-state index is 13.3. The number of anilines is 3. The van der Waals surface area contributed by atoms with Crippen LogP contribution in [0, 0.1) is 17.0 Å². The first-order chi connectivity index (χ1) is 8.91. The third kappa shape index (κ3) is 2.15. The summed E-state index contributed by atoms with van der Waals surface area (Å²) in [5, 5.41) is 7.93. The van der Waals surface area contributed by atoms with E-state index in [1.165, 1.54) is 0 Å². The Labute approximate surface area is 106 Å². The van der Waals surface area contributed by atoms with E-state index in [2.05, 4.69) is 9.97 Å². The molecule has 0 aliphatic carbocycles. The zero-order valence-electron chi connectivity index (χ0n) is 9.61. The van der Waals surface area contributed by atoms with Gasteiger partial charge in [-0.3, -0.25) is 5.41 Å². The predicted molar refractivity (Wildman–Crippen MR) is 67.6 cm³/mol. The number of hydrogen-bond acceptors (Lipinski definition) is 6. The normalized spacial score (nSPS) is 10.4. The lowest BCUT2D eigenvalue weighted by Crippen LogP contribution is -2.13. The van der Waals surface area contributed by atoms with Gasteiger partial charge in [0.1, 0.15) is 18.0 Å². The van der Waals surface area contributed by atoms with E-state index in [1.54, 1.807) is 0 Å². The standard InChI is InChI=1S/C11H10F2N6/c12-5-1-4(2-6(14)8(5)13)9(15)7-10(16)18-3-19-11(7)17/h1-3,15H,14H2,(H4,16,17,18,19). The van der Waals surface area contributed by atoms with Crippen LogP contribution in [0.3, 0.4) is 0 Å². The molecule has 0 radical (unpaired) electrons.